The van der Waals surface area contributed by atoms with E-state index in [0.717, 1.165) is 18.4 Å². The number of rotatable bonds is 6. The molecule has 1 atom stereocenters. The predicted octanol–water partition coefficient (Wildman–Crippen LogP) is 3.35. The maximum Gasteiger partial charge on any atom is 0.251 e. The van der Waals surface area contributed by atoms with Gasteiger partial charge in [-0.05, 0) is 73.6 Å². The second kappa shape index (κ2) is 8.23. The molecule has 0 aliphatic heterocycles. The Balaban J connectivity index is 1.69. The van der Waals surface area contributed by atoms with Gasteiger partial charge < -0.3 is 5.32 Å². The first kappa shape index (κ1) is 19.6. The molecule has 1 aliphatic carbocycles. The van der Waals surface area contributed by atoms with Gasteiger partial charge in [0.1, 0.15) is 0 Å². The van der Waals surface area contributed by atoms with Gasteiger partial charge in [0.15, 0.2) is 0 Å². The fourth-order valence-electron chi connectivity index (χ4n) is 3.44. The molecule has 1 amide bonds. The van der Waals surface area contributed by atoms with Gasteiger partial charge in [-0.3, -0.25) is 4.79 Å². The smallest absolute Gasteiger partial charge is 0.251 e. The maximum absolute atomic E-state index is 12.5. The van der Waals surface area contributed by atoms with Crippen LogP contribution in [0.2, 0.25) is 0 Å². The van der Waals surface area contributed by atoms with Crippen LogP contribution in [0.15, 0.2) is 47.4 Å². The van der Waals surface area contributed by atoms with Crippen molar-refractivity contribution in [3.8, 4) is 0 Å². The number of nitrogens with one attached hydrogen (secondary N) is 2. The summed E-state index contributed by atoms with van der Waals surface area (Å²) in [6.45, 7) is 4.01. The first-order valence-electron chi connectivity index (χ1n) is 9.43. The van der Waals surface area contributed by atoms with Crippen molar-refractivity contribution in [2.24, 2.45) is 0 Å². The molecule has 0 saturated carbocycles. The fourth-order valence-corrected chi connectivity index (χ4v) is 4.49. The summed E-state index contributed by atoms with van der Waals surface area (Å²) in [6.07, 6.45) is 4.71. The van der Waals surface area contributed by atoms with Crippen LogP contribution < -0.4 is 10.0 Å². The zero-order valence-electron chi connectivity index (χ0n) is 15.8. The second-order valence-electron chi connectivity index (χ2n) is 6.96. The highest BCUT2D eigenvalue weighted by Gasteiger charge is 2.17. The molecule has 1 aliphatic rings. The van der Waals surface area contributed by atoms with Crippen molar-refractivity contribution in [2.75, 3.05) is 6.54 Å². The van der Waals surface area contributed by atoms with E-state index in [0.29, 0.717) is 12.1 Å². The van der Waals surface area contributed by atoms with Crippen LogP contribution >= 0.6 is 0 Å². The topological polar surface area (TPSA) is 75.3 Å². The van der Waals surface area contributed by atoms with Gasteiger partial charge in [0, 0.05) is 12.1 Å². The van der Waals surface area contributed by atoms with Gasteiger partial charge in [0.05, 0.1) is 10.9 Å². The molecule has 2 aromatic carbocycles. The first-order valence-corrected chi connectivity index (χ1v) is 10.9. The lowest BCUT2D eigenvalue weighted by Crippen LogP contribution is -2.27. The lowest BCUT2D eigenvalue weighted by molar-refractivity contribution is 0.0939. The molecule has 0 fully saturated rings. The molecule has 0 radical (unpaired) electrons. The van der Waals surface area contributed by atoms with Crippen LogP contribution in [0.1, 0.15) is 59.8 Å². The summed E-state index contributed by atoms with van der Waals surface area (Å²) in [6, 6.07) is 12.3. The van der Waals surface area contributed by atoms with E-state index in [1.54, 1.807) is 19.1 Å². The Labute approximate surface area is 161 Å². The van der Waals surface area contributed by atoms with Crippen molar-refractivity contribution in [1.82, 2.24) is 10.0 Å². The molecule has 2 aromatic rings. The highest BCUT2D eigenvalue weighted by molar-refractivity contribution is 7.89. The van der Waals surface area contributed by atoms with E-state index in [2.05, 4.69) is 28.2 Å². The summed E-state index contributed by atoms with van der Waals surface area (Å²) in [7, 11) is -3.51. The zero-order chi connectivity index (χ0) is 19.4. The first-order chi connectivity index (χ1) is 12.9. The van der Waals surface area contributed by atoms with Crippen LogP contribution in [0.4, 0.5) is 0 Å². The molecular formula is C21H26N2O3S. The third kappa shape index (κ3) is 4.57. The van der Waals surface area contributed by atoms with Crippen LogP contribution in [-0.2, 0) is 22.9 Å². The number of amides is 1. The van der Waals surface area contributed by atoms with E-state index in [-0.39, 0.29) is 16.8 Å². The summed E-state index contributed by atoms with van der Waals surface area (Å²) < 4.78 is 26.4. The minimum absolute atomic E-state index is 0.116. The average molecular weight is 387 g/mol. The third-order valence-electron chi connectivity index (χ3n) is 4.98. The summed E-state index contributed by atoms with van der Waals surface area (Å²) in [4.78, 5) is 12.7. The quantitative estimate of drug-likeness (QED) is 0.799. The van der Waals surface area contributed by atoms with Crippen LogP contribution in [0.3, 0.4) is 0 Å². The minimum Gasteiger partial charge on any atom is -0.346 e. The van der Waals surface area contributed by atoms with Crippen molar-refractivity contribution >= 4 is 15.9 Å². The lowest BCUT2D eigenvalue weighted by Gasteiger charge is -2.20. The standard InChI is InChI=1S/C21H26N2O3S/c1-3-22-27(25,26)20-12-10-17(11-13-20)21(24)23-15(2)18-9-8-16-6-4-5-7-19(16)14-18/h8-15,22H,3-7H2,1-2H3,(H,23,24)/t15-/m0/s1. The van der Waals surface area contributed by atoms with Gasteiger partial charge in [0.25, 0.3) is 5.91 Å². The number of carbonyl (C=O) groups is 1. The van der Waals surface area contributed by atoms with Gasteiger partial charge >= 0.3 is 0 Å². The van der Waals surface area contributed by atoms with Gasteiger partial charge in [-0.1, -0.05) is 25.1 Å². The largest absolute Gasteiger partial charge is 0.346 e. The maximum atomic E-state index is 12.5. The minimum atomic E-state index is -3.51. The molecule has 0 bridgehead atoms. The van der Waals surface area contributed by atoms with E-state index in [1.807, 2.05) is 6.92 Å². The summed E-state index contributed by atoms with van der Waals surface area (Å²) in [5, 5.41) is 3.00. The van der Waals surface area contributed by atoms with Crippen molar-refractivity contribution in [3.63, 3.8) is 0 Å². The monoisotopic (exact) mass is 386 g/mol. The number of benzene rings is 2. The van der Waals surface area contributed by atoms with Crippen molar-refractivity contribution in [3.05, 3.63) is 64.7 Å². The Morgan fingerprint density at radius 3 is 2.37 bits per heavy atom. The van der Waals surface area contributed by atoms with Crippen molar-refractivity contribution in [2.45, 2.75) is 50.5 Å². The Morgan fingerprint density at radius 1 is 1.04 bits per heavy atom. The van der Waals surface area contributed by atoms with Gasteiger partial charge in [0.2, 0.25) is 10.0 Å². The van der Waals surface area contributed by atoms with E-state index >= 15 is 0 Å². The van der Waals surface area contributed by atoms with Crippen LogP contribution in [0.25, 0.3) is 0 Å². The van der Waals surface area contributed by atoms with E-state index < -0.39 is 10.0 Å². The number of sulfonamides is 1. The number of aryl methyl sites for hydroxylation is 2. The highest BCUT2D eigenvalue weighted by atomic mass is 32.2. The molecular weight excluding hydrogens is 360 g/mol. The van der Waals surface area contributed by atoms with Crippen LogP contribution in [0, 0.1) is 0 Å². The van der Waals surface area contributed by atoms with Gasteiger partial charge in [-0.2, -0.15) is 0 Å². The molecule has 0 aromatic heterocycles. The molecule has 144 valence electrons. The summed E-state index contributed by atoms with van der Waals surface area (Å²) in [5.74, 6) is -0.215. The SMILES string of the molecule is CCNS(=O)(=O)c1ccc(C(=O)N[C@@H](C)c2ccc3c(c2)CCCC3)cc1. The molecule has 27 heavy (non-hydrogen) atoms. The fraction of sp³-hybridized carbons (Fsp3) is 0.381. The second-order valence-corrected chi connectivity index (χ2v) is 8.72. The summed E-state index contributed by atoms with van der Waals surface area (Å²) in [5.41, 5.74) is 4.34. The van der Waals surface area contributed by atoms with Crippen molar-refractivity contribution in [1.29, 1.82) is 0 Å². The average Bonchev–Trinajstić information content (AvgIpc) is 2.67. The number of fused-ring (bicyclic) bond motifs is 1. The molecule has 6 heteroatoms. The van der Waals surface area contributed by atoms with Gasteiger partial charge in [-0.15, -0.1) is 0 Å². The van der Waals surface area contributed by atoms with Crippen LogP contribution in [0.5, 0.6) is 0 Å². The third-order valence-corrected chi connectivity index (χ3v) is 6.54. The Bertz CT molecular complexity index is 921. The lowest BCUT2D eigenvalue weighted by atomic mass is 9.89. The molecule has 0 spiro atoms. The van der Waals surface area contributed by atoms with Gasteiger partial charge in [-0.25, -0.2) is 13.1 Å². The van der Waals surface area contributed by atoms with Crippen molar-refractivity contribution < 1.29 is 13.2 Å². The summed E-state index contributed by atoms with van der Waals surface area (Å²) >= 11 is 0. The van der Waals surface area contributed by atoms with E-state index in [1.165, 1.54) is 36.1 Å². The number of hydrogen-bond donors (Lipinski definition) is 2. The Hall–Kier alpha value is -2.18. The zero-order valence-corrected chi connectivity index (χ0v) is 16.6. The number of hydrogen-bond acceptors (Lipinski definition) is 3. The normalized spacial score (nSPS) is 15.0. The molecule has 5 nitrogen and oxygen atoms in total. The van der Waals surface area contributed by atoms with E-state index in [4.69, 9.17) is 0 Å². The molecule has 0 unspecified atom stereocenters. The Kier molecular flexibility index (Phi) is 5.97. The van der Waals surface area contributed by atoms with Crippen LogP contribution in [-0.4, -0.2) is 20.9 Å². The Morgan fingerprint density at radius 2 is 1.70 bits per heavy atom. The molecule has 0 heterocycles. The number of carbonyl (C=O) groups excluding carboxylic acids is 1. The molecule has 2 N–H and O–H groups in total. The molecule has 0 saturated heterocycles. The molecule has 3 rings (SSSR count). The highest BCUT2D eigenvalue weighted by Crippen LogP contribution is 2.25. The van der Waals surface area contributed by atoms with E-state index in [9.17, 15) is 13.2 Å². The predicted molar refractivity (Wildman–Crippen MR) is 106 cm³/mol.